The number of rotatable bonds is 21. The van der Waals surface area contributed by atoms with Gasteiger partial charge in [-0.25, -0.2) is 28.7 Å². The molecule has 0 radical (unpaired) electrons. The molecule has 0 bridgehead atoms. The Morgan fingerprint density at radius 2 is 1.31 bits per heavy atom. The molecule has 28 nitrogen and oxygen atoms in total. The average molecular weight is 1120 g/mol. The molecule has 9 rings (SSSR count). The SMILES string of the molecule is CC1(C)CN2C(=O)C(NC(=O)C(N)c3ccc(O)cc3)C2S1.Cc1ncc([N+](=O)[O-])n1CCOC(=O)c1cc(=O)c2c(OCC(COc3cccc4oc(C(=O)OCCn5c([N+](=O)[O-])cnc5C)cc(=O)c34)OC=O)cccc2o1. The van der Waals surface area contributed by atoms with Crippen LogP contribution in [0.25, 0.3) is 21.9 Å². The van der Waals surface area contributed by atoms with Gasteiger partial charge in [-0.1, -0.05) is 24.3 Å². The van der Waals surface area contributed by atoms with Gasteiger partial charge < -0.3 is 73.8 Å². The number of esters is 2. The van der Waals surface area contributed by atoms with Crippen LogP contribution in [0.2, 0.25) is 0 Å². The van der Waals surface area contributed by atoms with E-state index in [1.165, 1.54) is 57.7 Å². The number of carbonyl (C=O) groups is 5. The van der Waals surface area contributed by atoms with Gasteiger partial charge in [0.1, 0.15) is 109 Å². The number of carbonyl (C=O) groups excluding carboxylic acids is 5. The van der Waals surface area contributed by atoms with Crippen LogP contribution in [0.3, 0.4) is 0 Å². The number of nitro groups is 2. The van der Waals surface area contributed by atoms with Gasteiger partial charge in [-0.2, -0.15) is 0 Å². The molecular weight excluding hydrogens is 1070 g/mol. The number of thioether (sulfide) groups is 1. The Kier molecular flexibility index (Phi) is 16.9. The normalized spacial score (nSPS) is 15.5. The van der Waals surface area contributed by atoms with Crippen LogP contribution in [0.5, 0.6) is 17.2 Å². The van der Waals surface area contributed by atoms with E-state index in [0.29, 0.717) is 23.8 Å². The molecule has 6 heterocycles. The van der Waals surface area contributed by atoms with Crippen molar-refractivity contribution in [1.82, 2.24) is 29.3 Å². The molecule has 80 heavy (non-hydrogen) atoms. The summed E-state index contributed by atoms with van der Waals surface area (Å²) in [6, 6.07) is 15.3. The molecule has 418 valence electrons. The maximum Gasteiger partial charge on any atom is 0.374 e. The first-order chi connectivity index (χ1) is 38.1. The lowest BCUT2D eigenvalue weighted by Crippen LogP contribution is -2.67. The summed E-state index contributed by atoms with van der Waals surface area (Å²) in [7, 11) is 0. The van der Waals surface area contributed by atoms with Crippen molar-refractivity contribution in [2.24, 2.45) is 5.73 Å². The third-order valence-electron chi connectivity index (χ3n) is 12.4. The second-order valence-corrected chi connectivity index (χ2v) is 20.2. The largest absolute Gasteiger partial charge is 0.508 e. The summed E-state index contributed by atoms with van der Waals surface area (Å²) in [6.07, 6.45) is 1.08. The second-order valence-electron chi connectivity index (χ2n) is 18.4. The molecule has 2 aliphatic rings. The molecule has 2 aliphatic heterocycles. The van der Waals surface area contributed by atoms with E-state index in [9.17, 15) is 58.9 Å². The Morgan fingerprint density at radius 1 is 0.825 bits per heavy atom. The number of hydrogen-bond donors (Lipinski definition) is 3. The first-order valence-electron chi connectivity index (χ1n) is 24.1. The fraction of sp³-hybridized carbons (Fsp3) is 0.314. The van der Waals surface area contributed by atoms with Crippen LogP contribution >= 0.6 is 11.8 Å². The average Bonchev–Trinajstić information content (AvgIpc) is 4.26. The van der Waals surface area contributed by atoms with Crippen LogP contribution in [0.1, 0.15) is 58.2 Å². The van der Waals surface area contributed by atoms with E-state index in [1.807, 2.05) is 0 Å². The maximum atomic E-state index is 13.2. The summed E-state index contributed by atoms with van der Waals surface area (Å²) in [5, 5.41) is 34.3. The fourth-order valence-corrected chi connectivity index (χ4v) is 10.0. The number of fused-ring (bicyclic) bond motifs is 3. The first kappa shape index (κ1) is 56.6. The molecule has 0 spiro atoms. The van der Waals surface area contributed by atoms with Gasteiger partial charge in [-0.3, -0.25) is 24.0 Å². The van der Waals surface area contributed by atoms with Gasteiger partial charge in [0.05, 0.1) is 0 Å². The molecule has 7 aromatic rings. The van der Waals surface area contributed by atoms with Crippen molar-refractivity contribution in [2.45, 2.75) is 69.1 Å². The zero-order valence-electron chi connectivity index (χ0n) is 42.8. The topological polar surface area (TPSA) is 375 Å². The minimum atomic E-state index is -1.09. The summed E-state index contributed by atoms with van der Waals surface area (Å²) in [4.78, 5) is 118. The number of nitrogens with two attached hydrogens (primary N) is 1. The second kappa shape index (κ2) is 23.9. The lowest BCUT2D eigenvalue weighted by molar-refractivity contribution is -0.392. The van der Waals surface area contributed by atoms with Crippen molar-refractivity contribution < 1.29 is 71.4 Å². The molecule has 4 aromatic heterocycles. The Morgan fingerprint density at radius 3 is 1.77 bits per heavy atom. The van der Waals surface area contributed by atoms with Crippen LogP contribution in [0.15, 0.2) is 104 Å². The number of aromatic nitrogens is 4. The van der Waals surface area contributed by atoms with Gasteiger partial charge >= 0.3 is 23.6 Å². The molecule has 4 N–H and O–H groups in total. The summed E-state index contributed by atoms with van der Waals surface area (Å²) in [6.45, 7) is 6.72. The van der Waals surface area contributed by atoms with Gasteiger partial charge in [-0.05, 0) is 65.7 Å². The van der Waals surface area contributed by atoms with Crippen molar-refractivity contribution in [3.05, 3.63) is 155 Å². The Labute approximate surface area is 454 Å². The lowest BCUT2D eigenvalue weighted by Gasteiger charge is -2.41. The van der Waals surface area contributed by atoms with E-state index in [-0.39, 0.29) is 119 Å². The number of nitrogens with zero attached hydrogens (tertiary/aromatic N) is 7. The van der Waals surface area contributed by atoms with Gasteiger partial charge in [-0.15, -0.1) is 11.8 Å². The fourth-order valence-electron chi connectivity index (χ4n) is 8.53. The third kappa shape index (κ3) is 12.5. The number of hydrogen-bond acceptors (Lipinski definition) is 23. The quantitative estimate of drug-likeness (QED) is 0.0228. The summed E-state index contributed by atoms with van der Waals surface area (Å²) in [5.41, 5.74) is 5.11. The molecule has 3 unspecified atom stereocenters. The molecule has 2 saturated heterocycles. The minimum Gasteiger partial charge on any atom is -0.508 e. The Hall–Kier alpha value is -9.64. The number of phenols is 1. The number of nitrogens with one attached hydrogen (secondary N) is 1. The summed E-state index contributed by atoms with van der Waals surface area (Å²) >= 11 is 1.70. The Bertz CT molecular complexity index is 3490. The van der Waals surface area contributed by atoms with Crippen LogP contribution < -0.4 is 31.4 Å². The first-order valence-corrected chi connectivity index (χ1v) is 25.0. The number of aryl methyl sites for hydroxylation is 2. The smallest absolute Gasteiger partial charge is 0.374 e. The van der Waals surface area contributed by atoms with Crippen molar-refractivity contribution in [2.75, 3.05) is 33.0 Å². The van der Waals surface area contributed by atoms with Crippen molar-refractivity contribution in [1.29, 1.82) is 0 Å². The molecule has 0 saturated carbocycles. The highest BCUT2D eigenvalue weighted by Gasteiger charge is 2.56. The van der Waals surface area contributed by atoms with E-state index in [4.69, 9.17) is 38.3 Å². The van der Waals surface area contributed by atoms with Crippen molar-refractivity contribution in [3.8, 4) is 17.2 Å². The van der Waals surface area contributed by atoms with E-state index in [2.05, 4.69) is 29.1 Å². The number of benzene rings is 3. The minimum absolute atomic E-state index is 0.00142. The van der Waals surface area contributed by atoms with Crippen LogP contribution in [-0.2, 0) is 41.7 Å². The highest BCUT2D eigenvalue weighted by Crippen LogP contribution is 2.46. The van der Waals surface area contributed by atoms with E-state index >= 15 is 0 Å². The third-order valence-corrected chi connectivity index (χ3v) is 14.0. The zero-order chi connectivity index (χ0) is 57.6. The standard InChI is InChI=1S/C36H30N6O16.C15H19N3O3S/c1-20-37-15-31(41(48)49)39(20)9-11-52-35(46)29-13-23(44)33-25(5-3-7-27(33)57-29)54-17-22(56-19-43)18-55-26-6-4-8-28-34(26)24(45)14-30(58-28)36(47)53-12-10-40-21(2)38-16-32(40)42(50)51;1-15(2)7-18-13(21)11(14(18)22-15)17-12(20)10(16)8-3-5-9(19)6-4-8/h3-8,13-16,19,22H,9-12,17-18H2,1-2H3;3-6,10-11,14,19H,7,16H2,1-2H3,(H,17,20). The molecule has 3 aromatic carbocycles. The monoisotopic (exact) mass is 1120 g/mol. The molecular formula is C51H49N9O19S. The van der Waals surface area contributed by atoms with E-state index in [0.717, 1.165) is 24.5 Å². The van der Waals surface area contributed by atoms with Crippen LogP contribution in [0.4, 0.5) is 11.6 Å². The molecule has 29 heteroatoms. The number of imidazole rings is 2. The number of aromatic hydroxyl groups is 1. The van der Waals surface area contributed by atoms with Crippen molar-refractivity contribution in [3.63, 3.8) is 0 Å². The van der Waals surface area contributed by atoms with Crippen LogP contribution in [-0.4, -0.2) is 124 Å². The van der Waals surface area contributed by atoms with Gasteiger partial charge in [0.2, 0.25) is 23.3 Å². The number of amides is 2. The number of β-lactam (4-membered cyclic amide) rings is 1. The number of ether oxygens (including phenoxy) is 5. The summed E-state index contributed by atoms with van der Waals surface area (Å²) < 4.78 is 40.9. The van der Waals surface area contributed by atoms with Gasteiger partial charge in [0, 0.05) is 37.3 Å². The molecule has 0 aliphatic carbocycles. The predicted molar refractivity (Wildman–Crippen MR) is 279 cm³/mol. The highest BCUT2D eigenvalue weighted by atomic mass is 32.2. The predicted octanol–water partition coefficient (Wildman–Crippen LogP) is 4.01. The van der Waals surface area contributed by atoms with Gasteiger partial charge in [0.15, 0.2) is 28.6 Å². The molecule has 2 fully saturated rings. The Balaban J connectivity index is 0.000000317. The van der Waals surface area contributed by atoms with E-state index < -0.39 is 62.4 Å². The maximum absolute atomic E-state index is 13.2. The zero-order valence-corrected chi connectivity index (χ0v) is 43.6. The lowest BCUT2D eigenvalue weighted by atomic mass is 10.0. The van der Waals surface area contributed by atoms with Crippen molar-refractivity contribution >= 4 is 75.6 Å². The van der Waals surface area contributed by atoms with Gasteiger partial charge in [0.25, 0.3) is 6.47 Å². The summed E-state index contributed by atoms with van der Waals surface area (Å²) in [5.74, 6) is -3.02. The van der Waals surface area contributed by atoms with E-state index in [1.54, 1.807) is 42.6 Å². The number of phenolic OH excluding ortho intramolecular Hbond substituents is 1. The van der Waals surface area contributed by atoms with Crippen LogP contribution in [0, 0.1) is 34.1 Å². The molecule has 2 amide bonds. The molecule has 3 atom stereocenters. The highest BCUT2D eigenvalue weighted by molar-refractivity contribution is 8.01.